The van der Waals surface area contributed by atoms with Gasteiger partial charge in [-0.25, -0.2) is 10.4 Å². The zero-order valence-corrected chi connectivity index (χ0v) is 28.8. The van der Waals surface area contributed by atoms with Gasteiger partial charge in [0.1, 0.15) is 11.5 Å². The summed E-state index contributed by atoms with van der Waals surface area (Å²) in [7, 11) is 1.61. The Hall–Kier alpha value is -6.13. The average Bonchev–Trinajstić information content (AvgIpc) is 3.59. The van der Waals surface area contributed by atoms with Gasteiger partial charge in [0.2, 0.25) is 5.90 Å². The number of aliphatic hydroxyl groups is 1. The molecule has 0 saturated heterocycles. The van der Waals surface area contributed by atoms with Crippen molar-refractivity contribution < 1.29 is 24.1 Å². The quantitative estimate of drug-likeness (QED) is 0.0325. The lowest BCUT2D eigenvalue weighted by molar-refractivity contribution is -0.130. The van der Waals surface area contributed by atoms with Crippen molar-refractivity contribution in [2.75, 3.05) is 20.3 Å². The van der Waals surface area contributed by atoms with Crippen LogP contribution >= 0.6 is 0 Å². The number of aliphatic imine (C=N–C) groups is 1. The van der Waals surface area contributed by atoms with E-state index in [1.807, 2.05) is 127 Å². The third kappa shape index (κ3) is 8.42. The summed E-state index contributed by atoms with van der Waals surface area (Å²) in [5, 5.41) is 13.0. The number of nitrogens with one attached hydrogen (secondary N) is 2. The molecule has 5 aromatic carbocycles. The first-order valence-corrected chi connectivity index (χ1v) is 17.0. The molecular weight excluding hydrogens is 656 g/mol. The van der Waals surface area contributed by atoms with Crippen LogP contribution in [0.15, 0.2) is 138 Å². The van der Waals surface area contributed by atoms with Crippen molar-refractivity contribution >= 4 is 11.8 Å². The van der Waals surface area contributed by atoms with E-state index >= 15 is 0 Å². The van der Waals surface area contributed by atoms with Crippen LogP contribution in [0, 0.1) is 0 Å². The molecule has 0 fully saturated rings. The molecule has 0 aromatic heterocycles. The van der Waals surface area contributed by atoms with E-state index in [0.29, 0.717) is 36.8 Å². The summed E-state index contributed by atoms with van der Waals surface area (Å²) in [4.78, 5) is 22.8. The molecule has 52 heavy (non-hydrogen) atoms. The lowest BCUT2D eigenvalue weighted by Crippen LogP contribution is -2.53. The third-order valence-electron chi connectivity index (χ3n) is 8.89. The van der Waals surface area contributed by atoms with Crippen LogP contribution in [0.3, 0.4) is 0 Å². The second-order valence-electron chi connectivity index (χ2n) is 12.3. The standard InChI is InChI=1S/C41H40N6O5/c1-50-36-20-12-29(13-21-36)27-43-46-40(49)41(26-34-10-5-6-11-35(34)28-44-47-42)38(32-16-14-31(15-17-32)30-8-3-2-4-9-30)52-39(45-41)33-18-22-37(23-19-33)51-25-7-24-48/h2-6,8-23,38,43,48H,7,24-28H2,1H3,(H,46,49)/t38-,41-/m0/s1. The third-order valence-corrected chi connectivity index (χ3v) is 8.89. The smallest absolute Gasteiger partial charge is 0.266 e. The molecule has 0 aliphatic carbocycles. The van der Waals surface area contributed by atoms with Gasteiger partial charge < -0.3 is 19.3 Å². The van der Waals surface area contributed by atoms with Gasteiger partial charge in [-0.1, -0.05) is 96.1 Å². The van der Waals surface area contributed by atoms with Gasteiger partial charge in [0, 0.05) is 36.5 Å². The fourth-order valence-electron chi connectivity index (χ4n) is 6.12. The fraction of sp³-hybridized carbons (Fsp3) is 0.220. The van der Waals surface area contributed by atoms with Crippen LogP contribution < -0.4 is 20.3 Å². The van der Waals surface area contributed by atoms with Gasteiger partial charge in [0.15, 0.2) is 11.6 Å². The number of carbonyl (C=O) groups is 1. The summed E-state index contributed by atoms with van der Waals surface area (Å²) in [6.07, 6.45) is -0.159. The van der Waals surface area contributed by atoms with Gasteiger partial charge in [-0.3, -0.25) is 10.2 Å². The first kappa shape index (κ1) is 35.7. The Morgan fingerprint density at radius 3 is 2.21 bits per heavy atom. The second-order valence-corrected chi connectivity index (χ2v) is 12.3. The summed E-state index contributed by atoms with van der Waals surface area (Å²) >= 11 is 0. The van der Waals surface area contributed by atoms with E-state index in [1.54, 1.807) is 7.11 Å². The Kier molecular flexibility index (Phi) is 11.8. The monoisotopic (exact) mass is 696 g/mol. The first-order chi connectivity index (χ1) is 25.5. The summed E-state index contributed by atoms with van der Waals surface area (Å²) in [6.45, 7) is 0.897. The van der Waals surface area contributed by atoms with Crippen LogP contribution in [0.1, 0.15) is 40.3 Å². The molecule has 3 N–H and O–H groups in total. The highest BCUT2D eigenvalue weighted by molar-refractivity contribution is 6.01. The number of azide groups is 1. The average molecular weight is 697 g/mol. The number of hydrogen-bond acceptors (Lipinski definition) is 8. The number of hydrogen-bond donors (Lipinski definition) is 3. The van der Waals surface area contributed by atoms with Crippen LogP contribution in [0.2, 0.25) is 0 Å². The fourth-order valence-corrected chi connectivity index (χ4v) is 6.12. The van der Waals surface area contributed by atoms with E-state index in [0.717, 1.165) is 39.1 Å². The number of aliphatic hydroxyl groups excluding tert-OH is 1. The van der Waals surface area contributed by atoms with Gasteiger partial charge in [-0.05, 0) is 75.3 Å². The number of rotatable bonds is 16. The highest BCUT2D eigenvalue weighted by Crippen LogP contribution is 2.43. The zero-order chi connectivity index (χ0) is 36.2. The van der Waals surface area contributed by atoms with Crippen LogP contribution in [-0.4, -0.2) is 42.8 Å². The molecule has 0 radical (unpaired) electrons. The number of carbonyl (C=O) groups excluding carboxylic acids is 1. The van der Waals surface area contributed by atoms with Gasteiger partial charge in [0.05, 0.1) is 20.3 Å². The van der Waals surface area contributed by atoms with E-state index in [9.17, 15) is 4.79 Å². The van der Waals surface area contributed by atoms with Crippen molar-refractivity contribution in [1.29, 1.82) is 0 Å². The normalized spacial score (nSPS) is 16.3. The Balaban J connectivity index is 1.40. The minimum Gasteiger partial charge on any atom is -0.497 e. The van der Waals surface area contributed by atoms with Gasteiger partial charge in [-0.15, -0.1) is 0 Å². The molecule has 11 heteroatoms. The second kappa shape index (κ2) is 17.2. The maximum Gasteiger partial charge on any atom is 0.266 e. The van der Waals surface area contributed by atoms with E-state index in [2.05, 4.69) is 20.9 Å². The molecule has 1 aliphatic heterocycles. The van der Waals surface area contributed by atoms with Crippen molar-refractivity contribution in [3.05, 3.63) is 166 Å². The number of amides is 1. The Morgan fingerprint density at radius 1 is 0.865 bits per heavy atom. The molecule has 0 unspecified atom stereocenters. The molecular formula is C41H40N6O5. The minimum atomic E-state index is -1.49. The summed E-state index contributed by atoms with van der Waals surface area (Å²) in [6, 6.07) is 40.5. The molecule has 0 spiro atoms. The van der Waals surface area contributed by atoms with Gasteiger partial charge >= 0.3 is 0 Å². The molecule has 11 nitrogen and oxygen atoms in total. The van der Waals surface area contributed by atoms with Crippen molar-refractivity contribution in [3.8, 4) is 22.6 Å². The summed E-state index contributed by atoms with van der Waals surface area (Å²) in [5.74, 6) is 1.29. The summed E-state index contributed by atoms with van der Waals surface area (Å²) < 4.78 is 17.8. The van der Waals surface area contributed by atoms with Gasteiger partial charge in [0.25, 0.3) is 5.91 Å². The topological polar surface area (TPSA) is 150 Å². The Bertz CT molecular complexity index is 2010. The maximum atomic E-state index is 14.7. The SMILES string of the molecule is COc1ccc(CNNC(=O)[C@@]2(Cc3ccccc3CN=[N+]=[N-])N=C(c3ccc(OCCCO)cc3)O[C@H]2c2ccc(-c3ccccc3)cc2)cc1. The predicted octanol–water partition coefficient (Wildman–Crippen LogP) is 7.25. The molecule has 0 bridgehead atoms. The molecule has 1 aliphatic rings. The molecule has 5 aromatic rings. The van der Waals surface area contributed by atoms with Crippen molar-refractivity contribution in [2.45, 2.75) is 37.6 Å². The van der Waals surface area contributed by atoms with E-state index < -0.39 is 17.6 Å². The van der Waals surface area contributed by atoms with Crippen LogP contribution in [0.25, 0.3) is 21.6 Å². The van der Waals surface area contributed by atoms with Crippen molar-refractivity contribution in [3.63, 3.8) is 0 Å². The molecule has 1 heterocycles. The zero-order valence-electron chi connectivity index (χ0n) is 28.8. The van der Waals surface area contributed by atoms with E-state index in [-0.39, 0.29) is 19.6 Å². The number of methoxy groups -OCH3 is 1. The largest absolute Gasteiger partial charge is 0.497 e. The van der Waals surface area contributed by atoms with Crippen molar-refractivity contribution in [2.24, 2.45) is 10.1 Å². The molecule has 6 rings (SSSR count). The van der Waals surface area contributed by atoms with E-state index in [1.165, 1.54) is 0 Å². The number of nitrogens with zero attached hydrogens (tertiary/aromatic N) is 4. The van der Waals surface area contributed by atoms with E-state index in [4.69, 9.17) is 29.8 Å². The molecule has 2 atom stereocenters. The lowest BCUT2D eigenvalue weighted by atomic mass is 9.80. The highest BCUT2D eigenvalue weighted by atomic mass is 16.5. The number of hydrazine groups is 1. The first-order valence-electron chi connectivity index (χ1n) is 17.0. The maximum absolute atomic E-state index is 14.7. The number of ether oxygens (including phenoxy) is 3. The molecule has 1 amide bonds. The van der Waals surface area contributed by atoms with Crippen molar-refractivity contribution in [1.82, 2.24) is 10.9 Å². The molecule has 0 saturated carbocycles. The number of benzene rings is 5. The Morgan fingerprint density at radius 2 is 1.52 bits per heavy atom. The Labute approximate surface area is 302 Å². The summed E-state index contributed by atoms with van der Waals surface area (Å²) in [5.41, 5.74) is 19.7. The van der Waals surface area contributed by atoms with Crippen LogP contribution in [0.4, 0.5) is 0 Å². The predicted molar refractivity (Wildman–Crippen MR) is 200 cm³/mol. The lowest BCUT2D eigenvalue weighted by Gasteiger charge is -2.31. The highest BCUT2D eigenvalue weighted by Gasteiger charge is 2.53. The van der Waals surface area contributed by atoms with Crippen LogP contribution in [-0.2, 0) is 29.0 Å². The van der Waals surface area contributed by atoms with Gasteiger partial charge in [-0.2, -0.15) is 0 Å². The van der Waals surface area contributed by atoms with Crippen LogP contribution in [0.5, 0.6) is 11.5 Å². The molecule has 264 valence electrons. The minimum absolute atomic E-state index is 0.0432.